The van der Waals surface area contributed by atoms with Crippen LogP contribution in [-0.4, -0.2) is 37.5 Å². The first-order valence-corrected chi connectivity index (χ1v) is 9.91. The maximum Gasteiger partial charge on any atom is 0.226 e. The molecule has 144 valence electrons. The van der Waals surface area contributed by atoms with Crippen molar-refractivity contribution in [1.82, 2.24) is 10.2 Å². The van der Waals surface area contributed by atoms with Gasteiger partial charge in [0.1, 0.15) is 12.4 Å². The second kappa shape index (κ2) is 9.77. The fraction of sp³-hybridized carbons (Fsp3) is 0.409. The summed E-state index contributed by atoms with van der Waals surface area (Å²) in [6, 6.07) is 15.4. The Bertz CT molecular complexity index is 757. The highest BCUT2D eigenvalue weighted by atomic mass is 35.5. The molecule has 1 saturated heterocycles. The molecule has 0 radical (unpaired) electrons. The van der Waals surface area contributed by atoms with E-state index in [1.807, 2.05) is 60.5 Å². The van der Waals surface area contributed by atoms with E-state index in [1.165, 1.54) is 0 Å². The van der Waals surface area contributed by atoms with E-state index in [0.717, 1.165) is 49.4 Å². The van der Waals surface area contributed by atoms with Gasteiger partial charge in [-0.05, 0) is 56.1 Å². The van der Waals surface area contributed by atoms with Gasteiger partial charge in [0.2, 0.25) is 5.91 Å². The van der Waals surface area contributed by atoms with Crippen molar-refractivity contribution in [2.24, 2.45) is 5.92 Å². The summed E-state index contributed by atoms with van der Waals surface area (Å²) in [6.45, 7) is 3.16. The van der Waals surface area contributed by atoms with Gasteiger partial charge >= 0.3 is 0 Å². The molecule has 0 spiro atoms. The van der Waals surface area contributed by atoms with Gasteiger partial charge in [-0.3, -0.25) is 4.79 Å². The zero-order valence-electron chi connectivity index (χ0n) is 15.8. The lowest BCUT2D eigenvalue weighted by molar-refractivity contribution is -0.131. The highest BCUT2D eigenvalue weighted by Crippen LogP contribution is 2.21. The average molecular weight is 387 g/mol. The zero-order chi connectivity index (χ0) is 19.1. The fourth-order valence-electron chi connectivity index (χ4n) is 3.48. The number of rotatable bonds is 7. The first-order chi connectivity index (χ1) is 13.2. The standard InChI is InChI=1S/C22H27ClN2O2/c1-24-15-17-9-11-25(12-10-17)22(26)14-18-5-4-7-20(13-18)27-16-19-6-2-3-8-21(19)23/h2-8,13,17,24H,9-12,14-16H2,1H3. The van der Waals surface area contributed by atoms with E-state index in [-0.39, 0.29) is 5.91 Å². The highest BCUT2D eigenvalue weighted by molar-refractivity contribution is 6.31. The molecule has 1 aliphatic rings. The fourth-order valence-corrected chi connectivity index (χ4v) is 3.67. The van der Waals surface area contributed by atoms with Crippen LogP contribution in [0.25, 0.3) is 0 Å². The zero-order valence-corrected chi connectivity index (χ0v) is 16.5. The van der Waals surface area contributed by atoms with Crippen LogP contribution in [0.2, 0.25) is 5.02 Å². The van der Waals surface area contributed by atoms with Crippen molar-refractivity contribution in [1.29, 1.82) is 0 Å². The summed E-state index contributed by atoms with van der Waals surface area (Å²) in [4.78, 5) is 14.6. The summed E-state index contributed by atoms with van der Waals surface area (Å²) in [7, 11) is 1.98. The summed E-state index contributed by atoms with van der Waals surface area (Å²) in [6.07, 6.45) is 2.57. The second-order valence-corrected chi connectivity index (χ2v) is 7.49. The lowest BCUT2D eigenvalue weighted by atomic mass is 9.96. The maximum absolute atomic E-state index is 12.6. The molecule has 0 aromatic heterocycles. The van der Waals surface area contributed by atoms with Gasteiger partial charge in [-0.1, -0.05) is 41.9 Å². The Morgan fingerprint density at radius 3 is 2.70 bits per heavy atom. The summed E-state index contributed by atoms with van der Waals surface area (Å²) < 4.78 is 5.87. The molecular formula is C22H27ClN2O2. The number of ether oxygens (including phenoxy) is 1. The normalized spacial score (nSPS) is 15.0. The van der Waals surface area contributed by atoms with Gasteiger partial charge in [-0.2, -0.15) is 0 Å². The maximum atomic E-state index is 12.6. The molecule has 0 saturated carbocycles. The minimum absolute atomic E-state index is 0.196. The third-order valence-electron chi connectivity index (χ3n) is 5.07. The Labute approximate surface area is 166 Å². The Morgan fingerprint density at radius 2 is 1.96 bits per heavy atom. The lowest BCUT2D eigenvalue weighted by Gasteiger charge is -2.32. The number of carbonyl (C=O) groups excluding carboxylic acids is 1. The summed E-state index contributed by atoms with van der Waals surface area (Å²) >= 11 is 6.17. The number of hydrogen-bond acceptors (Lipinski definition) is 3. The minimum atomic E-state index is 0.196. The van der Waals surface area contributed by atoms with Crippen molar-refractivity contribution >= 4 is 17.5 Å². The Morgan fingerprint density at radius 1 is 1.19 bits per heavy atom. The number of hydrogen-bond donors (Lipinski definition) is 1. The molecule has 1 aliphatic heterocycles. The summed E-state index contributed by atoms with van der Waals surface area (Å²) in [5, 5.41) is 3.93. The smallest absolute Gasteiger partial charge is 0.226 e. The van der Waals surface area contributed by atoms with Crippen LogP contribution in [0.4, 0.5) is 0 Å². The van der Waals surface area contributed by atoms with Gasteiger partial charge in [0.25, 0.3) is 0 Å². The number of likely N-dealkylation sites (tertiary alicyclic amines) is 1. The minimum Gasteiger partial charge on any atom is -0.489 e. The largest absolute Gasteiger partial charge is 0.489 e. The Balaban J connectivity index is 1.53. The predicted molar refractivity (Wildman–Crippen MR) is 109 cm³/mol. The molecule has 2 aromatic rings. The van der Waals surface area contributed by atoms with Crippen LogP contribution in [0.5, 0.6) is 5.75 Å². The molecule has 5 heteroatoms. The van der Waals surface area contributed by atoms with Crippen LogP contribution in [0, 0.1) is 5.92 Å². The summed E-state index contributed by atoms with van der Waals surface area (Å²) in [5.41, 5.74) is 1.93. The van der Waals surface area contributed by atoms with Gasteiger partial charge in [0.15, 0.2) is 0 Å². The van der Waals surface area contributed by atoms with E-state index in [2.05, 4.69) is 5.32 Å². The van der Waals surface area contributed by atoms with Crippen LogP contribution in [0.1, 0.15) is 24.0 Å². The van der Waals surface area contributed by atoms with Crippen molar-refractivity contribution in [3.63, 3.8) is 0 Å². The van der Waals surface area contributed by atoms with Crippen LogP contribution in [-0.2, 0) is 17.8 Å². The molecular weight excluding hydrogens is 360 g/mol. The Kier molecular flexibility index (Phi) is 7.13. The number of piperidine rings is 1. The third kappa shape index (κ3) is 5.72. The number of benzene rings is 2. The van der Waals surface area contributed by atoms with Crippen LogP contribution >= 0.6 is 11.6 Å². The molecule has 1 amide bonds. The van der Waals surface area contributed by atoms with Gasteiger partial charge in [0.05, 0.1) is 6.42 Å². The molecule has 0 atom stereocenters. The molecule has 0 aliphatic carbocycles. The molecule has 4 nitrogen and oxygen atoms in total. The van der Waals surface area contributed by atoms with Gasteiger partial charge in [0, 0.05) is 23.7 Å². The SMILES string of the molecule is CNCC1CCN(C(=O)Cc2cccc(OCc3ccccc3Cl)c2)CC1. The molecule has 0 unspecified atom stereocenters. The van der Waals surface area contributed by atoms with Crippen LogP contribution in [0.3, 0.4) is 0 Å². The third-order valence-corrected chi connectivity index (χ3v) is 5.43. The Hall–Kier alpha value is -2.04. The monoisotopic (exact) mass is 386 g/mol. The van der Waals surface area contributed by atoms with E-state index >= 15 is 0 Å². The highest BCUT2D eigenvalue weighted by Gasteiger charge is 2.22. The molecule has 1 heterocycles. The number of carbonyl (C=O) groups is 1. The number of nitrogens with one attached hydrogen (secondary N) is 1. The number of amides is 1. The van der Waals surface area contributed by atoms with Crippen molar-refractivity contribution in [3.05, 3.63) is 64.7 Å². The first kappa shape index (κ1) is 19.7. The van der Waals surface area contributed by atoms with Crippen molar-refractivity contribution in [2.45, 2.75) is 25.9 Å². The molecule has 3 rings (SSSR count). The van der Waals surface area contributed by atoms with E-state index in [4.69, 9.17) is 16.3 Å². The van der Waals surface area contributed by atoms with Crippen LogP contribution in [0.15, 0.2) is 48.5 Å². The van der Waals surface area contributed by atoms with E-state index < -0.39 is 0 Å². The van der Waals surface area contributed by atoms with Crippen molar-refractivity contribution in [2.75, 3.05) is 26.7 Å². The predicted octanol–water partition coefficient (Wildman–Crippen LogP) is 3.92. The van der Waals surface area contributed by atoms with Gasteiger partial charge < -0.3 is 15.0 Å². The second-order valence-electron chi connectivity index (χ2n) is 7.09. The van der Waals surface area contributed by atoms with Gasteiger partial charge in [-0.25, -0.2) is 0 Å². The van der Waals surface area contributed by atoms with E-state index in [9.17, 15) is 4.79 Å². The van der Waals surface area contributed by atoms with Crippen molar-refractivity contribution < 1.29 is 9.53 Å². The molecule has 27 heavy (non-hydrogen) atoms. The van der Waals surface area contributed by atoms with E-state index in [1.54, 1.807) is 0 Å². The molecule has 1 fully saturated rings. The van der Waals surface area contributed by atoms with E-state index in [0.29, 0.717) is 24.0 Å². The first-order valence-electron chi connectivity index (χ1n) is 9.53. The molecule has 0 bridgehead atoms. The van der Waals surface area contributed by atoms with Crippen LogP contribution < -0.4 is 10.1 Å². The lowest BCUT2D eigenvalue weighted by Crippen LogP contribution is -2.41. The summed E-state index contributed by atoms with van der Waals surface area (Å²) in [5.74, 6) is 1.63. The molecule has 1 N–H and O–H groups in total. The quantitative estimate of drug-likeness (QED) is 0.784. The number of halogens is 1. The number of nitrogens with zero attached hydrogens (tertiary/aromatic N) is 1. The topological polar surface area (TPSA) is 41.6 Å². The molecule has 2 aromatic carbocycles. The average Bonchev–Trinajstić information content (AvgIpc) is 2.68. The van der Waals surface area contributed by atoms with Crippen molar-refractivity contribution in [3.8, 4) is 5.75 Å². The van der Waals surface area contributed by atoms with Gasteiger partial charge in [-0.15, -0.1) is 0 Å².